The quantitative estimate of drug-likeness (QED) is 0.576. The first kappa shape index (κ1) is 6.21. The van der Waals surface area contributed by atoms with Crippen molar-refractivity contribution in [3.8, 4) is 0 Å². The molecule has 0 radical (unpaired) electrons. The lowest BCUT2D eigenvalue weighted by molar-refractivity contribution is 0.857. The van der Waals surface area contributed by atoms with Crippen molar-refractivity contribution in [1.29, 1.82) is 0 Å². The Labute approximate surface area is 63.1 Å². The highest BCUT2D eigenvalue weighted by Gasteiger charge is 2.01. The second kappa shape index (κ2) is 2.26. The molecule has 0 aliphatic carbocycles. The standard InChI is InChI=1S/C6H7N5/c1-2-5-6-10-8-4-11(6)9-3-7-5/h3-4H,2H2,1H3. The van der Waals surface area contributed by atoms with Gasteiger partial charge in [0.05, 0.1) is 5.69 Å². The van der Waals surface area contributed by atoms with E-state index >= 15 is 0 Å². The van der Waals surface area contributed by atoms with Gasteiger partial charge in [-0.1, -0.05) is 6.92 Å². The molecule has 0 aliphatic rings. The van der Waals surface area contributed by atoms with Gasteiger partial charge in [0.2, 0.25) is 0 Å². The molecule has 0 unspecified atom stereocenters. The lowest BCUT2D eigenvalue weighted by Crippen LogP contribution is -1.97. The summed E-state index contributed by atoms with van der Waals surface area (Å²) in [5.74, 6) is 0. The topological polar surface area (TPSA) is 56.0 Å². The van der Waals surface area contributed by atoms with Crippen LogP contribution < -0.4 is 0 Å². The number of aryl methyl sites for hydroxylation is 1. The van der Waals surface area contributed by atoms with Crippen LogP contribution >= 0.6 is 0 Å². The third-order valence-electron chi connectivity index (χ3n) is 1.51. The first-order chi connectivity index (χ1) is 5.42. The van der Waals surface area contributed by atoms with Gasteiger partial charge in [0, 0.05) is 0 Å². The van der Waals surface area contributed by atoms with Crippen LogP contribution in [0.3, 0.4) is 0 Å². The third kappa shape index (κ3) is 0.849. The fourth-order valence-electron chi connectivity index (χ4n) is 0.963. The van der Waals surface area contributed by atoms with Gasteiger partial charge in [0.15, 0.2) is 5.65 Å². The smallest absolute Gasteiger partial charge is 0.198 e. The van der Waals surface area contributed by atoms with E-state index in [1.807, 2.05) is 6.92 Å². The van der Waals surface area contributed by atoms with Gasteiger partial charge in [-0.15, -0.1) is 10.2 Å². The van der Waals surface area contributed by atoms with E-state index < -0.39 is 0 Å². The van der Waals surface area contributed by atoms with E-state index in [-0.39, 0.29) is 0 Å². The van der Waals surface area contributed by atoms with E-state index in [0.29, 0.717) is 0 Å². The molecule has 56 valence electrons. The zero-order chi connectivity index (χ0) is 7.68. The number of fused-ring (bicyclic) bond motifs is 1. The maximum absolute atomic E-state index is 4.06. The Morgan fingerprint density at radius 3 is 3.27 bits per heavy atom. The molecule has 0 atom stereocenters. The Bertz CT molecular complexity index is 366. The maximum atomic E-state index is 4.06. The molecule has 2 aromatic rings. The van der Waals surface area contributed by atoms with Crippen molar-refractivity contribution in [2.45, 2.75) is 13.3 Å². The second-order valence-electron chi connectivity index (χ2n) is 2.16. The molecule has 5 heteroatoms. The summed E-state index contributed by atoms with van der Waals surface area (Å²) < 4.78 is 1.62. The van der Waals surface area contributed by atoms with Gasteiger partial charge >= 0.3 is 0 Å². The summed E-state index contributed by atoms with van der Waals surface area (Å²) in [6, 6.07) is 0. The first-order valence-electron chi connectivity index (χ1n) is 3.41. The van der Waals surface area contributed by atoms with Crippen molar-refractivity contribution in [3.63, 3.8) is 0 Å². The number of hydrogen-bond acceptors (Lipinski definition) is 4. The van der Waals surface area contributed by atoms with Crippen LogP contribution in [0.2, 0.25) is 0 Å². The molecule has 2 aromatic heterocycles. The van der Waals surface area contributed by atoms with Gasteiger partial charge in [-0.05, 0) is 6.42 Å². The highest BCUT2D eigenvalue weighted by molar-refractivity contribution is 5.39. The highest BCUT2D eigenvalue weighted by Crippen LogP contribution is 2.00. The van der Waals surface area contributed by atoms with Crippen molar-refractivity contribution < 1.29 is 0 Å². The van der Waals surface area contributed by atoms with Gasteiger partial charge in [0.1, 0.15) is 12.7 Å². The molecule has 0 saturated carbocycles. The van der Waals surface area contributed by atoms with E-state index in [4.69, 9.17) is 0 Å². The van der Waals surface area contributed by atoms with E-state index in [1.54, 1.807) is 10.8 Å². The lowest BCUT2D eigenvalue weighted by atomic mass is 10.3. The van der Waals surface area contributed by atoms with Crippen LogP contribution in [0, 0.1) is 0 Å². The fourth-order valence-corrected chi connectivity index (χ4v) is 0.963. The van der Waals surface area contributed by atoms with Crippen molar-refractivity contribution in [1.82, 2.24) is 24.8 Å². The van der Waals surface area contributed by atoms with E-state index in [0.717, 1.165) is 17.8 Å². The van der Waals surface area contributed by atoms with Crippen LogP contribution in [0.5, 0.6) is 0 Å². The molecular weight excluding hydrogens is 142 g/mol. The minimum Gasteiger partial charge on any atom is -0.236 e. The van der Waals surface area contributed by atoms with Crippen LogP contribution in [-0.4, -0.2) is 24.8 Å². The molecule has 2 rings (SSSR count). The molecule has 0 aliphatic heterocycles. The predicted molar refractivity (Wildman–Crippen MR) is 38.0 cm³/mol. The second-order valence-corrected chi connectivity index (χ2v) is 2.16. The fraction of sp³-hybridized carbons (Fsp3) is 0.333. The van der Waals surface area contributed by atoms with Gasteiger partial charge in [0.25, 0.3) is 0 Å². The average molecular weight is 149 g/mol. The zero-order valence-electron chi connectivity index (χ0n) is 6.10. The summed E-state index contributed by atoms with van der Waals surface area (Å²) in [5, 5.41) is 11.5. The van der Waals surface area contributed by atoms with E-state index in [9.17, 15) is 0 Å². The minimum atomic E-state index is 0.745. The van der Waals surface area contributed by atoms with E-state index in [1.165, 1.54) is 6.33 Å². The molecule has 2 heterocycles. The van der Waals surface area contributed by atoms with Crippen molar-refractivity contribution in [3.05, 3.63) is 18.3 Å². The Kier molecular flexibility index (Phi) is 1.28. The molecule has 0 N–H and O–H groups in total. The zero-order valence-corrected chi connectivity index (χ0v) is 6.10. The number of rotatable bonds is 1. The van der Waals surface area contributed by atoms with Crippen molar-refractivity contribution in [2.24, 2.45) is 0 Å². The van der Waals surface area contributed by atoms with E-state index in [2.05, 4.69) is 20.3 Å². The molecule has 5 nitrogen and oxygen atoms in total. The molecule has 0 amide bonds. The van der Waals surface area contributed by atoms with Crippen LogP contribution in [0.15, 0.2) is 12.7 Å². The Hall–Kier alpha value is -1.52. The monoisotopic (exact) mass is 149 g/mol. The SMILES string of the molecule is CCc1ncnn2cnnc12. The number of aromatic nitrogens is 5. The number of hydrogen-bond donors (Lipinski definition) is 0. The summed E-state index contributed by atoms with van der Waals surface area (Å²) >= 11 is 0. The van der Waals surface area contributed by atoms with Crippen LogP contribution in [0.4, 0.5) is 0 Å². The highest BCUT2D eigenvalue weighted by atomic mass is 15.4. The number of nitrogens with zero attached hydrogens (tertiary/aromatic N) is 5. The van der Waals surface area contributed by atoms with Gasteiger partial charge in [-0.3, -0.25) is 0 Å². The van der Waals surface area contributed by atoms with Crippen LogP contribution in [0.1, 0.15) is 12.6 Å². The maximum Gasteiger partial charge on any atom is 0.198 e. The van der Waals surface area contributed by atoms with Crippen molar-refractivity contribution in [2.75, 3.05) is 0 Å². The summed E-state index contributed by atoms with van der Waals surface area (Å²) in [6.07, 6.45) is 3.93. The minimum absolute atomic E-state index is 0.745. The molecule has 0 fully saturated rings. The molecular formula is C6H7N5. The van der Waals surface area contributed by atoms with Gasteiger partial charge in [-0.2, -0.15) is 9.61 Å². The Morgan fingerprint density at radius 2 is 2.45 bits per heavy atom. The summed E-state index contributed by atoms with van der Waals surface area (Å²) in [5.41, 5.74) is 1.67. The lowest BCUT2D eigenvalue weighted by Gasteiger charge is -1.94. The summed E-state index contributed by atoms with van der Waals surface area (Å²) in [7, 11) is 0. The predicted octanol–water partition coefficient (Wildman–Crippen LogP) is 0.0817. The van der Waals surface area contributed by atoms with Crippen molar-refractivity contribution >= 4 is 5.65 Å². The first-order valence-corrected chi connectivity index (χ1v) is 3.41. The largest absolute Gasteiger partial charge is 0.236 e. The molecule has 0 bridgehead atoms. The molecule has 11 heavy (non-hydrogen) atoms. The Balaban J connectivity index is 2.79. The van der Waals surface area contributed by atoms with Crippen LogP contribution in [-0.2, 0) is 6.42 Å². The third-order valence-corrected chi connectivity index (χ3v) is 1.51. The van der Waals surface area contributed by atoms with Gasteiger partial charge < -0.3 is 0 Å². The normalized spacial score (nSPS) is 10.6. The molecule has 0 saturated heterocycles. The summed E-state index contributed by atoms with van der Waals surface area (Å²) in [4.78, 5) is 4.06. The average Bonchev–Trinajstić information content (AvgIpc) is 2.50. The summed E-state index contributed by atoms with van der Waals surface area (Å²) in [6.45, 7) is 2.02. The molecule has 0 aromatic carbocycles. The van der Waals surface area contributed by atoms with Gasteiger partial charge in [-0.25, -0.2) is 4.98 Å². The molecule has 0 spiro atoms. The van der Waals surface area contributed by atoms with Crippen LogP contribution in [0.25, 0.3) is 5.65 Å². The Morgan fingerprint density at radius 1 is 1.55 bits per heavy atom.